The van der Waals surface area contributed by atoms with Crippen LogP contribution in [0.5, 0.6) is 0 Å². The van der Waals surface area contributed by atoms with E-state index in [4.69, 9.17) is 4.74 Å². The van der Waals surface area contributed by atoms with Crippen molar-refractivity contribution in [1.29, 1.82) is 0 Å². The van der Waals surface area contributed by atoms with Gasteiger partial charge >= 0.3 is 0 Å². The van der Waals surface area contributed by atoms with Crippen molar-refractivity contribution in [2.75, 3.05) is 38.6 Å². The maximum absolute atomic E-state index is 12.7. The monoisotopic (exact) mass is 323 g/mol. The quantitative estimate of drug-likeness (QED) is 0.824. The molecule has 0 unspecified atom stereocenters. The van der Waals surface area contributed by atoms with E-state index in [-0.39, 0.29) is 29.7 Å². The normalized spacial score (nSPS) is 16.6. The summed E-state index contributed by atoms with van der Waals surface area (Å²) in [4.78, 5) is 2.09. The second-order valence-electron chi connectivity index (χ2n) is 4.67. The zero-order chi connectivity index (χ0) is 13.7. The average molecular weight is 324 g/mol. The lowest BCUT2D eigenvalue weighted by molar-refractivity contribution is 0.0408. The zero-order valence-electron chi connectivity index (χ0n) is 11.1. The predicted octanol–water partition coefficient (Wildman–Crippen LogP) is 1.49. The Morgan fingerprint density at radius 3 is 2.35 bits per heavy atom. The van der Waals surface area contributed by atoms with Crippen LogP contribution in [0, 0.1) is 5.82 Å². The molecule has 0 bridgehead atoms. The number of rotatable bonds is 5. The Labute approximate surface area is 125 Å². The fraction of sp³-hybridized carbons (Fsp3) is 0.538. The van der Waals surface area contributed by atoms with Crippen molar-refractivity contribution in [3.63, 3.8) is 0 Å². The second-order valence-corrected chi connectivity index (χ2v) is 6.86. The third-order valence-electron chi connectivity index (χ3n) is 3.12. The molecule has 1 saturated heterocycles. The van der Waals surface area contributed by atoms with Crippen molar-refractivity contribution in [1.82, 2.24) is 4.90 Å². The topological polar surface area (TPSA) is 46.6 Å². The van der Waals surface area contributed by atoms with Gasteiger partial charge in [-0.2, -0.15) is 0 Å². The van der Waals surface area contributed by atoms with Crippen LogP contribution in [0.15, 0.2) is 24.3 Å². The van der Waals surface area contributed by atoms with Gasteiger partial charge in [0.15, 0.2) is 9.84 Å². The molecule has 0 spiro atoms. The van der Waals surface area contributed by atoms with Crippen LogP contribution in [0.1, 0.15) is 5.56 Å². The largest absolute Gasteiger partial charge is 0.379 e. The molecular weight excluding hydrogens is 305 g/mol. The third-order valence-corrected chi connectivity index (χ3v) is 4.70. The van der Waals surface area contributed by atoms with Crippen LogP contribution in [0.2, 0.25) is 0 Å². The number of sulfone groups is 1. The minimum atomic E-state index is -3.15. The first-order valence-corrected chi connectivity index (χ1v) is 8.12. The Bertz CT molecular complexity index is 501. The van der Waals surface area contributed by atoms with Crippen LogP contribution >= 0.6 is 12.4 Å². The Morgan fingerprint density at radius 1 is 1.15 bits per heavy atom. The van der Waals surface area contributed by atoms with Crippen molar-refractivity contribution in [3.8, 4) is 0 Å². The van der Waals surface area contributed by atoms with Crippen molar-refractivity contribution < 1.29 is 17.5 Å². The summed E-state index contributed by atoms with van der Waals surface area (Å²) < 4.78 is 41.9. The minimum absolute atomic E-state index is 0. The van der Waals surface area contributed by atoms with Gasteiger partial charge in [0.1, 0.15) is 5.82 Å². The molecule has 2 rings (SSSR count). The number of nitrogens with zero attached hydrogens (tertiary/aromatic N) is 1. The zero-order valence-corrected chi connectivity index (χ0v) is 12.8. The van der Waals surface area contributed by atoms with Gasteiger partial charge in [0.05, 0.1) is 24.7 Å². The molecule has 1 aliphatic rings. The van der Waals surface area contributed by atoms with Gasteiger partial charge in [-0.05, 0) is 17.7 Å². The highest BCUT2D eigenvalue weighted by atomic mass is 35.5. The lowest BCUT2D eigenvalue weighted by Gasteiger charge is -2.26. The second kappa shape index (κ2) is 7.93. The van der Waals surface area contributed by atoms with Gasteiger partial charge in [0.25, 0.3) is 0 Å². The standard InChI is InChI=1S/C13H18FNO3S.ClH/c14-13-3-1-12(2-4-13)11-19(16,17)10-7-15-5-8-18-9-6-15;/h1-4H,5-11H2;1H. The Kier molecular flexibility index (Phi) is 6.88. The number of morpholine rings is 1. The van der Waals surface area contributed by atoms with Gasteiger partial charge in [-0.25, -0.2) is 12.8 Å². The highest BCUT2D eigenvalue weighted by Crippen LogP contribution is 2.09. The van der Waals surface area contributed by atoms with Gasteiger partial charge in [0, 0.05) is 19.6 Å². The molecule has 0 N–H and O–H groups in total. The van der Waals surface area contributed by atoms with Crippen molar-refractivity contribution in [2.24, 2.45) is 0 Å². The van der Waals surface area contributed by atoms with E-state index in [0.29, 0.717) is 25.3 Å². The molecule has 4 nitrogen and oxygen atoms in total. The molecule has 7 heteroatoms. The number of benzene rings is 1. The minimum Gasteiger partial charge on any atom is -0.379 e. The molecule has 0 atom stereocenters. The first kappa shape index (κ1) is 17.4. The summed E-state index contributed by atoms with van der Waals surface area (Å²) in [5.74, 6) is -0.253. The molecule has 1 heterocycles. The summed E-state index contributed by atoms with van der Waals surface area (Å²) in [6, 6.07) is 5.60. The molecule has 1 aliphatic heterocycles. The Morgan fingerprint density at radius 2 is 1.75 bits per heavy atom. The Balaban J connectivity index is 0.00000200. The number of halogens is 2. The lowest BCUT2D eigenvalue weighted by Crippen LogP contribution is -2.39. The number of hydrogen-bond acceptors (Lipinski definition) is 4. The van der Waals surface area contributed by atoms with E-state index in [1.54, 1.807) is 0 Å². The fourth-order valence-electron chi connectivity index (χ4n) is 2.00. The summed E-state index contributed by atoms with van der Waals surface area (Å²) in [6.07, 6.45) is 0. The molecule has 1 aromatic carbocycles. The SMILES string of the molecule is Cl.O=S(=O)(CCN1CCOCC1)Cc1ccc(F)cc1. The van der Waals surface area contributed by atoms with Crippen LogP contribution < -0.4 is 0 Å². The molecule has 0 saturated carbocycles. The van der Waals surface area contributed by atoms with E-state index in [1.807, 2.05) is 0 Å². The average Bonchev–Trinajstić information content (AvgIpc) is 2.40. The van der Waals surface area contributed by atoms with Crippen LogP contribution in [0.4, 0.5) is 4.39 Å². The van der Waals surface area contributed by atoms with Crippen LogP contribution in [-0.4, -0.2) is 51.9 Å². The number of ether oxygens (including phenoxy) is 1. The Hall–Kier alpha value is -0.690. The summed E-state index contributed by atoms with van der Waals surface area (Å²) in [5.41, 5.74) is 0.628. The van der Waals surface area contributed by atoms with Crippen molar-refractivity contribution in [2.45, 2.75) is 5.75 Å². The molecule has 1 fully saturated rings. The van der Waals surface area contributed by atoms with Gasteiger partial charge in [0.2, 0.25) is 0 Å². The molecule has 1 aromatic rings. The van der Waals surface area contributed by atoms with E-state index in [0.717, 1.165) is 13.1 Å². The van der Waals surface area contributed by atoms with Crippen LogP contribution in [0.3, 0.4) is 0 Å². The summed E-state index contributed by atoms with van der Waals surface area (Å²) in [6.45, 7) is 3.43. The molecule has 0 aliphatic carbocycles. The van der Waals surface area contributed by atoms with Crippen molar-refractivity contribution in [3.05, 3.63) is 35.6 Å². The molecular formula is C13H19ClFNO3S. The summed E-state index contributed by atoms with van der Waals surface area (Å²) in [7, 11) is -3.15. The molecule has 0 amide bonds. The van der Waals surface area contributed by atoms with E-state index < -0.39 is 9.84 Å². The third kappa shape index (κ3) is 5.75. The van der Waals surface area contributed by atoms with Gasteiger partial charge in [-0.1, -0.05) is 12.1 Å². The van der Waals surface area contributed by atoms with Crippen molar-refractivity contribution >= 4 is 22.2 Å². The molecule has 0 aromatic heterocycles. The highest BCUT2D eigenvalue weighted by molar-refractivity contribution is 7.90. The van der Waals surface area contributed by atoms with Gasteiger partial charge in [-0.3, -0.25) is 4.90 Å². The molecule has 114 valence electrons. The van der Waals surface area contributed by atoms with E-state index in [2.05, 4.69) is 4.90 Å². The molecule has 20 heavy (non-hydrogen) atoms. The van der Waals surface area contributed by atoms with E-state index >= 15 is 0 Å². The predicted molar refractivity (Wildman–Crippen MR) is 78.4 cm³/mol. The first-order valence-electron chi connectivity index (χ1n) is 6.30. The smallest absolute Gasteiger partial charge is 0.155 e. The lowest BCUT2D eigenvalue weighted by atomic mass is 10.2. The summed E-state index contributed by atoms with van der Waals surface area (Å²) in [5, 5.41) is 0. The van der Waals surface area contributed by atoms with Gasteiger partial charge in [-0.15, -0.1) is 12.4 Å². The fourth-order valence-corrected chi connectivity index (χ4v) is 3.38. The maximum atomic E-state index is 12.7. The number of hydrogen-bond donors (Lipinski definition) is 0. The summed E-state index contributed by atoms with van der Waals surface area (Å²) >= 11 is 0. The van der Waals surface area contributed by atoms with E-state index in [1.165, 1.54) is 24.3 Å². The van der Waals surface area contributed by atoms with Crippen LogP contribution in [-0.2, 0) is 20.3 Å². The van der Waals surface area contributed by atoms with E-state index in [9.17, 15) is 12.8 Å². The first-order chi connectivity index (χ1) is 9.05. The van der Waals surface area contributed by atoms with Crippen LogP contribution in [0.25, 0.3) is 0 Å². The maximum Gasteiger partial charge on any atom is 0.155 e. The van der Waals surface area contributed by atoms with Gasteiger partial charge < -0.3 is 4.74 Å². The molecule has 0 radical (unpaired) electrons. The highest BCUT2D eigenvalue weighted by Gasteiger charge is 2.16.